The van der Waals surface area contributed by atoms with E-state index < -0.39 is 0 Å². The largest absolute Gasteiger partial charge is 0.351 e. The SMILES string of the molecule is CN(C(=O)CSc1ccccc1C(=O)NCCC(=O)N1CCCC1)C1CCCCC1. The zero-order valence-corrected chi connectivity index (χ0v) is 18.7. The van der Waals surface area contributed by atoms with Crippen molar-refractivity contribution in [2.45, 2.75) is 62.3 Å². The van der Waals surface area contributed by atoms with Gasteiger partial charge >= 0.3 is 0 Å². The van der Waals surface area contributed by atoms with Crippen LogP contribution in [-0.2, 0) is 9.59 Å². The number of thioether (sulfide) groups is 1. The molecular weight excluding hydrogens is 398 g/mol. The molecule has 2 aliphatic rings. The molecule has 1 aliphatic heterocycles. The molecule has 0 unspecified atom stereocenters. The lowest BCUT2D eigenvalue weighted by Gasteiger charge is -2.31. The third-order valence-corrected chi connectivity index (χ3v) is 7.14. The van der Waals surface area contributed by atoms with Crippen molar-refractivity contribution in [3.8, 4) is 0 Å². The predicted octanol–water partition coefficient (Wildman–Crippen LogP) is 3.31. The molecule has 7 heteroatoms. The quantitative estimate of drug-likeness (QED) is 0.641. The van der Waals surface area contributed by atoms with Crippen molar-refractivity contribution in [2.75, 3.05) is 32.4 Å². The second kappa shape index (κ2) is 11.4. The zero-order valence-electron chi connectivity index (χ0n) is 17.9. The third kappa shape index (κ3) is 6.24. The van der Waals surface area contributed by atoms with Crippen molar-refractivity contribution in [1.29, 1.82) is 0 Å². The molecule has 164 valence electrons. The monoisotopic (exact) mass is 431 g/mol. The molecule has 1 N–H and O–H groups in total. The fourth-order valence-electron chi connectivity index (χ4n) is 4.20. The van der Waals surface area contributed by atoms with Crippen LogP contribution in [0.25, 0.3) is 0 Å². The Bertz CT molecular complexity index is 743. The first-order valence-electron chi connectivity index (χ1n) is 11.1. The van der Waals surface area contributed by atoms with E-state index in [0.717, 1.165) is 43.7 Å². The van der Waals surface area contributed by atoms with Gasteiger partial charge < -0.3 is 15.1 Å². The Morgan fingerprint density at radius 1 is 1.07 bits per heavy atom. The van der Waals surface area contributed by atoms with Crippen LogP contribution in [-0.4, -0.2) is 66.0 Å². The highest BCUT2D eigenvalue weighted by Gasteiger charge is 2.23. The van der Waals surface area contributed by atoms with Crippen molar-refractivity contribution >= 4 is 29.5 Å². The van der Waals surface area contributed by atoms with E-state index in [1.807, 2.05) is 35.0 Å². The summed E-state index contributed by atoms with van der Waals surface area (Å²) in [6.07, 6.45) is 8.28. The zero-order chi connectivity index (χ0) is 21.3. The Kier molecular flexibility index (Phi) is 8.61. The molecule has 0 spiro atoms. The number of nitrogens with one attached hydrogen (secondary N) is 1. The molecule has 0 atom stereocenters. The summed E-state index contributed by atoms with van der Waals surface area (Å²) in [7, 11) is 1.90. The normalized spacial score (nSPS) is 17.0. The summed E-state index contributed by atoms with van der Waals surface area (Å²) in [5, 5.41) is 2.86. The second-order valence-corrected chi connectivity index (χ2v) is 9.19. The molecule has 30 heavy (non-hydrogen) atoms. The fourth-order valence-corrected chi connectivity index (χ4v) is 5.17. The van der Waals surface area contributed by atoms with Crippen LogP contribution in [0.15, 0.2) is 29.2 Å². The summed E-state index contributed by atoms with van der Waals surface area (Å²) in [6.45, 7) is 1.99. The Morgan fingerprint density at radius 2 is 1.77 bits per heavy atom. The number of amides is 3. The summed E-state index contributed by atoms with van der Waals surface area (Å²) in [5.41, 5.74) is 0.559. The first-order valence-corrected chi connectivity index (χ1v) is 12.1. The second-order valence-electron chi connectivity index (χ2n) is 8.18. The molecule has 3 rings (SSSR count). The maximum absolute atomic E-state index is 12.6. The van der Waals surface area contributed by atoms with Gasteiger partial charge in [-0.05, 0) is 37.8 Å². The Labute approximate surface area is 183 Å². The smallest absolute Gasteiger partial charge is 0.252 e. The lowest BCUT2D eigenvalue weighted by molar-refractivity contribution is -0.130. The lowest BCUT2D eigenvalue weighted by atomic mass is 9.94. The topological polar surface area (TPSA) is 69.7 Å². The van der Waals surface area contributed by atoms with Crippen LogP contribution in [0.2, 0.25) is 0 Å². The highest BCUT2D eigenvalue weighted by atomic mass is 32.2. The number of carbonyl (C=O) groups excluding carboxylic acids is 3. The number of benzene rings is 1. The van der Waals surface area contributed by atoms with Crippen LogP contribution in [0.4, 0.5) is 0 Å². The van der Waals surface area contributed by atoms with E-state index in [-0.39, 0.29) is 17.7 Å². The van der Waals surface area contributed by atoms with E-state index in [0.29, 0.717) is 30.3 Å². The molecule has 3 amide bonds. The maximum Gasteiger partial charge on any atom is 0.252 e. The van der Waals surface area contributed by atoms with Gasteiger partial charge in [-0.1, -0.05) is 31.4 Å². The third-order valence-electron chi connectivity index (χ3n) is 6.08. The highest BCUT2D eigenvalue weighted by molar-refractivity contribution is 8.00. The van der Waals surface area contributed by atoms with E-state index >= 15 is 0 Å². The number of hydrogen-bond donors (Lipinski definition) is 1. The average molecular weight is 432 g/mol. The lowest BCUT2D eigenvalue weighted by Crippen LogP contribution is -2.39. The number of rotatable bonds is 8. The van der Waals surface area contributed by atoms with Crippen LogP contribution in [0.3, 0.4) is 0 Å². The minimum absolute atomic E-state index is 0.104. The van der Waals surface area contributed by atoms with E-state index in [9.17, 15) is 14.4 Å². The summed E-state index contributed by atoms with van der Waals surface area (Å²) in [5.74, 6) is 0.343. The van der Waals surface area contributed by atoms with Gasteiger partial charge in [-0.2, -0.15) is 0 Å². The summed E-state index contributed by atoms with van der Waals surface area (Å²) in [4.78, 5) is 42.0. The Balaban J connectivity index is 1.48. The van der Waals surface area contributed by atoms with E-state index in [2.05, 4.69) is 5.32 Å². The molecule has 1 saturated heterocycles. The number of likely N-dealkylation sites (tertiary alicyclic amines) is 1. The number of carbonyl (C=O) groups is 3. The molecule has 0 aromatic heterocycles. The molecular formula is C23H33N3O3S. The van der Waals surface area contributed by atoms with Gasteiger partial charge in [-0.25, -0.2) is 0 Å². The van der Waals surface area contributed by atoms with Crippen LogP contribution in [0.5, 0.6) is 0 Å². The van der Waals surface area contributed by atoms with Crippen LogP contribution in [0, 0.1) is 0 Å². The van der Waals surface area contributed by atoms with Crippen LogP contribution in [0.1, 0.15) is 61.7 Å². The van der Waals surface area contributed by atoms with Crippen molar-refractivity contribution in [3.05, 3.63) is 29.8 Å². The average Bonchev–Trinajstić information content (AvgIpc) is 3.32. The first kappa shape index (κ1) is 22.7. The van der Waals surface area contributed by atoms with Gasteiger partial charge in [-0.3, -0.25) is 14.4 Å². The molecule has 1 aromatic carbocycles. The predicted molar refractivity (Wildman–Crippen MR) is 120 cm³/mol. The summed E-state index contributed by atoms with van der Waals surface area (Å²) < 4.78 is 0. The molecule has 2 fully saturated rings. The van der Waals surface area contributed by atoms with Crippen LogP contribution >= 0.6 is 11.8 Å². The standard InChI is InChI=1S/C23H33N3O3S/c1-25(18-9-3-2-4-10-18)22(28)17-30-20-12-6-5-11-19(20)23(29)24-14-13-21(27)26-15-7-8-16-26/h5-6,11-12,18H,2-4,7-10,13-17H2,1H3,(H,24,29). The molecule has 0 radical (unpaired) electrons. The minimum Gasteiger partial charge on any atom is -0.351 e. The Hall–Kier alpha value is -2.02. The summed E-state index contributed by atoms with van der Waals surface area (Å²) >= 11 is 1.41. The van der Waals surface area contributed by atoms with Crippen molar-refractivity contribution in [3.63, 3.8) is 0 Å². The fraction of sp³-hybridized carbons (Fsp3) is 0.609. The number of hydrogen-bond acceptors (Lipinski definition) is 4. The molecule has 1 heterocycles. The minimum atomic E-state index is -0.194. The molecule has 6 nitrogen and oxygen atoms in total. The Morgan fingerprint density at radius 3 is 2.50 bits per heavy atom. The summed E-state index contributed by atoms with van der Waals surface area (Å²) in [6, 6.07) is 7.70. The van der Waals surface area contributed by atoms with Crippen molar-refractivity contribution in [2.24, 2.45) is 0 Å². The molecule has 1 aromatic rings. The van der Waals surface area contributed by atoms with Crippen LogP contribution < -0.4 is 5.32 Å². The van der Waals surface area contributed by atoms with E-state index in [1.54, 1.807) is 6.07 Å². The van der Waals surface area contributed by atoms with Crippen molar-refractivity contribution in [1.82, 2.24) is 15.1 Å². The van der Waals surface area contributed by atoms with Gasteiger partial charge in [0.1, 0.15) is 0 Å². The molecule has 0 bridgehead atoms. The maximum atomic E-state index is 12.6. The van der Waals surface area contributed by atoms with Gasteiger partial charge in [0.05, 0.1) is 11.3 Å². The molecule has 1 saturated carbocycles. The van der Waals surface area contributed by atoms with Crippen molar-refractivity contribution < 1.29 is 14.4 Å². The van der Waals surface area contributed by atoms with Gasteiger partial charge in [-0.15, -0.1) is 11.8 Å². The van der Waals surface area contributed by atoms with Gasteiger partial charge in [0.25, 0.3) is 5.91 Å². The molecule has 1 aliphatic carbocycles. The highest BCUT2D eigenvalue weighted by Crippen LogP contribution is 2.25. The van der Waals surface area contributed by atoms with Gasteiger partial charge in [0.15, 0.2) is 0 Å². The number of nitrogens with zero attached hydrogens (tertiary/aromatic N) is 2. The van der Waals surface area contributed by atoms with E-state index in [4.69, 9.17) is 0 Å². The first-order chi connectivity index (χ1) is 14.6. The van der Waals surface area contributed by atoms with Gasteiger partial charge in [0.2, 0.25) is 11.8 Å². The van der Waals surface area contributed by atoms with E-state index in [1.165, 1.54) is 31.0 Å². The van der Waals surface area contributed by atoms with Gasteiger partial charge in [0, 0.05) is 44.0 Å².